The summed E-state index contributed by atoms with van der Waals surface area (Å²) in [5, 5.41) is 13.0. The van der Waals surface area contributed by atoms with Gasteiger partial charge in [-0.1, -0.05) is 29.8 Å². The first-order valence-corrected chi connectivity index (χ1v) is 7.03. The zero-order valence-corrected chi connectivity index (χ0v) is 12.8. The molecule has 2 aromatic rings. The van der Waals surface area contributed by atoms with Crippen molar-refractivity contribution in [3.8, 4) is 5.75 Å². The molecule has 0 aromatic heterocycles. The molecule has 0 saturated heterocycles. The third-order valence-corrected chi connectivity index (χ3v) is 4.15. The maximum atomic E-state index is 12.0. The number of hydrogen-bond acceptors (Lipinski definition) is 2. The average Bonchev–Trinajstić information content (AvgIpc) is 2.40. The van der Waals surface area contributed by atoms with Gasteiger partial charge in [-0.15, -0.1) is 0 Å². The minimum atomic E-state index is -0.196. The lowest BCUT2D eigenvalue weighted by Gasteiger charge is -2.07. The van der Waals surface area contributed by atoms with Crippen LogP contribution in [0.15, 0.2) is 42.5 Å². The van der Waals surface area contributed by atoms with Crippen LogP contribution >= 0.6 is 34.2 Å². The van der Waals surface area contributed by atoms with Crippen molar-refractivity contribution < 1.29 is 9.90 Å². The van der Waals surface area contributed by atoms with Gasteiger partial charge in [0.05, 0.1) is 5.02 Å². The number of benzene rings is 2. The highest BCUT2D eigenvalue weighted by Crippen LogP contribution is 2.20. The van der Waals surface area contributed by atoms with Crippen LogP contribution < -0.4 is 5.32 Å². The van der Waals surface area contributed by atoms with Crippen LogP contribution in [0.25, 0.3) is 0 Å². The lowest BCUT2D eigenvalue weighted by molar-refractivity contribution is 0.0950. The molecule has 2 aromatic carbocycles. The Bertz CT molecular complexity index is 616. The summed E-state index contributed by atoms with van der Waals surface area (Å²) in [6.07, 6.45) is 0. The number of phenolic OH excluding ortho intramolecular Hbond substituents is 1. The van der Waals surface area contributed by atoms with Crippen molar-refractivity contribution >= 4 is 40.1 Å². The average molecular weight is 388 g/mol. The monoisotopic (exact) mass is 387 g/mol. The zero-order chi connectivity index (χ0) is 13.8. The predicted molar refractivity (Wildman–Crippen MR) is 83.4 cm³/mol. The zero-order valence-electron chi connectivity index (χ0n) is 9.86. The van der Waals surface area contributed by atoms with Crippen LogP contribution in [0.4, 0.5) is 0 Å². The fraction of sp³-hybridized carbons (Fsp3) is 0.0714. The quantitative estimate of drug-likeness (QED) is 0.791. The van der Waals surface area contributed by atoms with Gasteiger partial charge in [0.15, 0.2) is 0 Å². The van der Waals surface area contributed by atoms with E-state index in [4.69, 9.17) is 11.6 Å². The molecule has 98 valence electrons. The Balaban J connectivity index is 2.05. The highest BCUT2D eigenvalue weighted by Gasteiger charge is 2.08. The number of halogens is 2. The molecular weight excluding hydrogens is 377 g/mol. The molecule has 2 N–H and O–H groups in total. The number of rotatable bonds is 3. The van der Waals surface area contributed by atoms with E-state index in [0.29, 0.717) is 16.1 Å². The Morgan fingerprint density at radius 1 is 1.26 bits per heavy atom. The van der Waals surface area contributed by atoms with Gasteiger partial charge in [-0.2, -0.15) is 0 Å². The third-order valence-electron chi connectivity index (χ3n) is 2.61. The van der Waals surface area contributed by atoms with E-state index in [1.165, 1.54) is 0 Å². The molecule has 0 atom stereocenters. The van der Waals surface area contributed by atoms with Crippen LogP contribution in [0.1, 0.15) is 15.9 Å². The minimum absolute atomic E-state index is 0.175. The lowest BCUT2D eigenvalue weighted by atomic mass is 10.2. The first-order valence-electron chi connectivity index (χ1n) is 5.58. The summed E-state index contributed by atoms with van der Waals surface area (Å²) < 4.78 is 0.828. The topological polar surface area (TPSA) is 49.3 Å². The van der Waals surface area contributed by atoms with E-state index in [1.807, 2.05) is 6.07 Å². The van der Waals surface area contributed by atoms with Crippen LogP contribution in [0.2, 0.25) is 5.02 Å². The Labute approximate surface area is 129 Å². The van der Waals surface area contributed by atoms with Gasteiger partial charge < -0.3 is 10.4 Å². The summed E-state index contributed by atoms with van der Waals surface area (Å²) in [6.45, 7) is 0.282. The molecule has 0 bridgehead atoms. The number of amides is 1. The van der Waals surface area contributed by atoms with Crippen LogP contribution in [-0.2, 0) is 6.54 Å². The van der Waals surface area contributed by atoms with Gasteiger partial charge in [0.1, 0.15) is 5.75 Å². The van der Waals surface area contributed by atoms with Gasteiger partial charge in [-0.3, -0.25) is 4.79 Å². The first kappa shape index (κ1) is 14.1. The largest absolute Gasteiger partial charge is 0.508 e. The molecule has 0 radical (unpaired) electrons. The van der Waals surface area contributed by atoms with Crippen LogP contribution in [0.5, 0.6) is 5.75 Å². The van der Waals surface area contributed by atoms with Crippen molar-refractivity contribution in [2.45, 2.75) is 6.54 Å². The maximum Gasteiger partial charge on any atom is 0.251 e. The fourth-order valence-corrected chi connectivity index (χ4v) is 2.21. The summed E-state index contributed by atoms with van der Waals surface area (Å²) in [6, 6.07) is 12.0. The van der Waals surface area contributed by atoms with Gasteiger partial charge >= 0.3 is 0 Å². The Hall–Kier alpha value is -1.27. The standard InChI is InChI=1S/C14H11ClINO2/c15-11-6-5-9(7-12(11)16)14(19)17-8-10-3-1-2-4-13(10)18/h1-7,18H,8H2,(H,17,19). The van der Waals surface area contributed by atoms with Gasteiger partial charge in [0.25, 0.3) is 5.91 Å². The van der Waals surface area contributed by atoms with E-state index >= 15 is 0 Å². The second-order valence-corrected chi connectivity index (χ2v) is 5.51. The molecule has 2 rings (SSSR count). The molecule has 0 spiro atoms. The number of carbonyl (C=O) groups excluding carboxylic acids is 1. The van der Waals surface area contributed by atoms with E-state index in [0.717, 1.165) is 3.57 Å². The Morgan fingerprint density at radius 2 is 2.00 bits per heavy atom. The molecule has 1 amide bonds. The number of carbonyl (C=O) groups is 1. The van der Waals surface area contributed by atoms with Crippen molar-refractivity contribution in [1.82, 2.24) is 5.32 Å². The summed E-state index contributed by atoms with van der Waals surface area (Å²) in [7, 11) is 0. The second kappa shape index (κ2) is 6.25. The number of nitrogens with one attached hydrogen (secondary N) is 1. The molecule has 3 nitrogen and oxygen atoms in total. The molecule has 0 saturated carbocycles. The molecule has 0 fully saturated rings. The number of aromatic hydroxyl groups is 1. The Kier molecular flexibility index (Phi) is 4.66. The van der Waals surface area contributed by atoms with E-state index in [2.05, 4.69) is 27.9 Å². The van der Waals surface area contributed by atoms with Gasteiger partial charge in [0, 0.05) is 21.2 Å². The SMILES string of the molecule is O=C(NCc1ccccc1O)c1ccc(Cl)c(I)c1. The van der Waals surface area contributed by atoms with Crippen molar-refractivity contribution in [1.29, 1.82) is 0 Å². The molecule has 0 unspecified atom stereocenters. The molecule has 0 aliphatic heterocycles. The van der Waals surface area contributed by atoms with Crippen LogP contribution in [0.3, 0.4) is 0 Å². The number of hydrogen-bond donors (Lipinski definition) is 2. The number of phenols is 1. The van der Waals surface area contributed by atoms with E-state index in [1.54, 1.807) is 36.4 Å². The highest BCUT2D eigenvalue weighted by atomic mass is 127. The summed E-state index contributed by atoms with van der Waals surface area (Å²) in [4.78, 5) is 12.0. The summed E-state index contributed by atoms with van der Waals surface area (Å²) in [5.41, 5.74) is 1.23. The molecular formula is C14H11ClINO2. The highest BCUT2D eigenvalue weighted by molar-refractivity contribution is 14.1. The second-order valence-electron chi connectivity index (χ2n) is 3.94. The molecule has 5 heteroatoms. The van der Waals surface area contributed by atoms with Crippen molar-refractivity contribution in [3.05, 3.63) is 62.2 Å². The van der Waals surface area contributed by atoms with E-state index < -0.39 is 0 Å². The predicted octanol–water partition coefficient (Wildman–Crippen LogP) is 3.58. The van der Waals surface area contributed by atoms with Crippen molar-refractivity contribution in [2.75, 3.05) is 0 Å². The van der Waals surface area contributed by atoms with Gasteiger partial charge in [-0.05, 0) is 46.9 Å². The minimum Gasteiger partial charge on any atom is -0.508 e. The fourth-order valence-electron chi connectivity index (χ4n) is 1.58. The molecule has 0 aliphatic carbocycles. The smallest absolute Gasteiger partial charge is 0.251 e. The van der Waals surface area contributed by atoms with Gasteiger partial charge in [-0.25, -0.2) is 0 Å². The molecule has 0 heterocycles. The summed E-state index contributed by atoms with van der Waals surface area (Å²) >= 11 is 7.98. The third kappa shape index (κ3) is 3.61. The van der Waals surface area contributed by atoms with Crippen molar-refractivity contribution in [3.63, 3.8) is 0 Å². The molecule has 19 heavy (non-hydrogen) atoms. The normalized spacial score (nSPS) is 10.2. The van der Waals surface area contributed by atoms with Crippen LogP contribution in [-0.4, -0.2) is 11.0 Å². The van der Waals surface area contributed by atoms with Crippen molar-refractivity contribution in [2.24, 2.45) is 0 Å². The number of para-hydroxylation sites is 1. The molecule has 0 aliphatic rings. The first-order chi connectivity index (χ1) is 9.08. The van der Waals surface area contributed by atoms with Gasteiger partial charge in [0.2, 0.25) is 0 Å². The Morgan fingerprint density at radius 3 is 2.68 bits per heavy atom. The van der Waals surface area contributed by atoms with E-state index in [-0.39, 0.29) is 18.2 Å². The van der Waals surface area contributed by atoms with E-state index in [9.17, 15) is 9.90 Å². The summed E-state index contributed by atoms with van der Waals surface area (Å²) in [5.74, 6) is -0.0219. The maximum absolute atomic E-state index is 12.0. The lowest BCUT2D eigenvalue weighted by Crippen LogP contribution is -2.22. The van der Waals surface area contributed by atoms with Crippen LogP contribution in [0, 0.1) is 3.57 Å².